The maximum Gasteiger partial charge on any atom is 0.167 e. The van der Waals surface area contributed by atoms with Crippen molar-refractivity contribution in [2.45, 2.75) is 38.3 Å². The number of nitrogens with zero attached hydrogens (tertiary/aromatic N) is 3. The number of nitriles is 1. The smallest absolute Gasteiger partial charge is 0.167 e. The summed E-state index contributed by atoms with van der Waals surface area (Å²) in [5.41, 5.74) is 3.06. The molecule has 1 aliphatic carbocycles. The highest BCUT2D eigenvalue weighted by molar-refractivity contribution is 5.37. The van der Waals surface area contributed by atoms with E-state index in [4.69, 9.17) is 5.26 Å². The second kappa shape index (κ2) is 3.35. The highest BCUT2D eigenvalue weighted by Crippen LogP contribution is 2.34. The topological polar surface area (TPSA) is 53.6 Å². The van der Waals surface area contributed by atoms with E-state index in [1.54, 1.807) is 0 Å². The summed E-state index contributed by atoms with van der Waals surface area (Å²) in [4.78, 5) is 0. The van der Waals surface area contributed by atoms with Crippen LogP contribution in [-0.2, 0) is 13.0 Å². The fourth-order valence-electron chi connectivity index (χ4n) is 2.40. The van der Waals surface area contributed by atoms with Gasteiger partial charge in [-0.3, -0.25) is 4.68 Å². The van der Waals surface area contributed by atoms with Gasteiger partial charge in [0, 0.05) is 30.8 Å². The Labute approximate surface area is 88.9 Å². The summed E-state index contributed by atoms with van der Waals surface area (Å²) < 4.78 is 2.12. The van der Waals surface area contributed by atoms with E-state index >= 15 is 0 Å². The van der Waals surface area contributed by atoms with Crippen LogP contribution in [0, 0.1) is 11.3 Å². The summed E-state index contributed by atoms with van der Waals surface area (Å²) in [6.45, 7) is 1.82. The molecule has 4 nitrogen and oxygen atoms in total. The molecule has 2 heterocycles. The Bertz CT molecular complexity index is 423. The van der Waals surface area contributed by atoms with Crippen molar-refractivity contribution in [3.8, 4) is 6.07 Å². The van der Waals surface area contributed by atoms with E-state index in [0.717, 1.165) is 25.1 Å². The first kappa shape index (κ1) is 8.93. The van der Waals surface area contributed by atoms with Crippen molar-refractivity contribution in [2.24, 2.45) is 0 Å². The molecule has 0 amide bonds. The van der Waals surface area contributed by atoms with E-state index in [1.165, 1.54) is 25.0 Å². The van der Waals surface area contributed by atoms with Crippen molar-refractivity contribution >= 4 is 0 Å². The molecule has 1 fully saturated rings. The minimum absolute atomic E-state index is 0.568. The van der Waals surface area contributed by atoms with Gasteiger partial charge in [0.25, 0.3) is 0 Å². The first-order chi connectivity index (χ1) is 7.40. The molecule has 3 rings (SSSR count). The Hall–Kier alpha value is -1.34. The monoisotopic (exact) mass is 202 g/mol. The predicted molar refractivity (Wildman–Crippen MR) is 55.2 cm³/mol. The lowest BCUT2D eigenvalue weighted by Gasteiger charge is -2.28. The van der Waals surface area contributed by atoms with Crippen LogP contribution in [0.4, 0.5) is 0 Å². The van der Waals surface area contributed by atoms with E-state index in [9.17, 15) is 0 Å². The molecule has 1 aromatic rings. The van der Waals surface area contributed by atoms with E-state index < -0.39 is 0 Å². The molecule has 1 saturated carbocycles. The predicted octanol–water partition coefficient (Wildman–Crippen LogP) is 1.13. The molecule has 0 saturated heterocycles. The van der Waals surface area contributed by atoms with Crippen LogP contribution >= 0.6 is 0 Å². The third-order valence-corrected chi connectivity index (χ3v) is 3.49. The van der Waals surface area contributed by atoms with Gasteiger partial charge in [0.05, 0.1) is 6.04 Å². The van der Waals surface area contributed by atoms with Gasteiger partial charge in [-0.15, -0.1) is 0 Å². The molecule has 2 aliphatic rings. The van der Waals surface area contributed by atoms with E-state index in [-0.39, 0.29) is 0 Å². The number of aromatic nitrogens is 2. The fourth-order valence-corrected chi connectivity index (χ4v) is 2.40. The molecule has 15 heavy (non-hydrogen) atoms. The van der Waals surface area contributed by atoms with E-state index in [1.807, 2.05) is 0 Å². The van der Waals surface area contributed by atoms with Crippen LogP contribution in [-0.4, -0.2) is 16.3 Å². The highest BCUT2D eigenvalue weighted by Gasteiger charge is 2.27. The number of fused-ring (bicyclic) bond motifs is 1. The van der Waals surface area contributed by atoms with Crippen LogP contribution in [0.3, 0.4) is 0 Å². The summed E-state index contributed by atoms with van der Waals surface area (Å²) >= 11 is 0. The number of nitrogens with one attached hydrogen (secondary N) is 1. The molecule has 0 bridgehead atoms. The Kier molecular flexibility index (Phi) is 2.00. The zero-order valence-corrected chi connectivity index (χ0v) is 8.66. The van der Waals surface area contributed by atoms with Crippen LogP contribution in [0.1, 0.15) is 42.3 Å². The second-order valence-corrected chi connectivity index (χ2v) is 4.34. The van der Waals surface area contributed by atoms with Gasteiger partial charge in [-0.1, -0.05) is 0 Å². The molecule has 0 radical (unpaired) electrons. The summed E-state index contributed by atoms with van der Waals surface area (Å²) in [7, 11) is 0. The van der Waals surface area contributed by atoms with Crippen LogP contribution < -0.4 is 5.32 Å². The second-order valence-electron chi connectivity index (χ2n) is 4.34. The molecule has 78 valence electrons. The Morgan fingerprint density at radius 2 is 2.33 bits per heavy atom. The third-order valence-electron chi connectivity index (χ3n) is 3.49. The quantitative estimate of drug-likeness (QED) is 0.742. The van der Waals surface area contributed by atoms with Crippen molar-refractivity contribution in [3.63, 3.8) is 0 Å². The molecule has 0 atom stereocenters. The van der Waals surface area contributed by atoms with Crippen LogP contribution in [0.25, 0.3) is 0 Å². The van der Waals surface area contributed by atoms with Gasteiger partial charge in [-0.25, -0.2) is 0 Å². The zero-order valence-electron chi connectivity index (χ0n) is 8.66. The first-order valence-corrected chi connectivity index (χ1v) is 5.61. The van der Waals surface area contributed by atoms with Gasteiger partial charge >= 0.3 is 0 Å². The maximum atomic E-state index is 9.03. The van der Waals surface area contributed by atoms with Crippen LogP contribution in [0.15, 0.2) is 0 Å². The average molecular weight is 202 g/mol. The first-order valence-electron chi connectivity index (χ1n) is 5.61. The normalized spacial score (nSPS) is 20.5. The maximum absolute atomic E-state index is 9.03. The zero-order chi connectivity index (χ0) is 10.3. The largest absolute Gasteiger partial charge is 0.312 e. The summed E-state index contributed by atoms with van der Waals surface area (Å²) in [6.07, 6.45) is 4.78. The molecular weight excluding hydrogens is 188 g/mol. The SMILES string of the molecule is N#Cc1nn(C2CCC2)c2c1CNCC2. The van der Waals surface area contributed by atoms with Gasteiger partial charge in [-0.2, -0.15) is 10.4 Å². The lowest BCUT2D eigenvalue weighted by molar-refractivity contribution is 0.280. The molecule has 0 spiro atoms. The number of hydrogen-bond donors (Lipinski definition) is 1. The summed E-state index contributed by atoms with van der Waals surface area (Å²) in [6, 6.07) is 2.78. The molecule has 1 aromatic heterocycles. The molecule has 4 heteroatoms. The van der Waals surface area contributed by atoms with Crippen molar-refractivity contribution in [2.75, 3.05) is 6.54 Å². The molecule has 1 aliphatic heterocycles. The number of rotatable bonds is 1. The van der Waals surface area contributed by atoms with E-state index in [2.05, 4.69) is 21.2 Å². The van der Waals surface area contributed by atoms with Gasteiger partial charge in [0.2, 0.25) is 0 Å². The minimum atomic E-state index is 0.568. The van der Waals surface area contributed by atoms with Crippen molar-refractivity contribution in [1.29, 1.82) is 5.26 Å². The van der Waals surface area contributed by atoms with Crippen molar-refractivity contribution in [3.05, 3.63) is 17.0 Å². The lowest BCUT2D eigenvalue weighted by Crippen LogP contribution is -2.27. The Morgan fingerprint density at radius 3 is 3.00 bits per heavy atom. The molecular formula is C11H14N4. The molecule has 0 aromatic carbocycles. The summed E-state index contributed by atoms with van der Waals surface area (Å²) in [5.74, 6) is 0. The minimum Gasteiger partial charge on any atom is -0.312 e. The lowest BCUT2D eigenvalue weighted by atomic mass is 9.92. The van der Waals surface area contributed by atoms with E-state index in [0.29, 0.717) is 11.7 Å². The summed E-state index contributed by atoms with van der Waals surface area (Å²) in [5, 5.41) is 16.8. The van der Waals surface area contributed by atoms with Gasteiger partial charge in [0.15, 0.2) is 5.69 Å². The Morgan fingerprint density at radius 1 is 1.47 bits per heavy atom. The van der Waals surface area contributed by atoms with Gasteiger partial charge < -0.3 is 5.32 Å². The van der Waals surface area contributed by atoms with Crippen LogP contribution in [0.5, 0.6) is 0 Å². The Balaban J connectivity index is 2.06. The standard InChI is InChI=1S/C11H14N4/c12-6-10-9-7-13-5-4-11(9)15(14-10)8-2-1-3-8/h8,13H,1-5,7H2. The van der Waals surface area contributed by atoms with Gasteiger partial charge in [-0.05, 0) is 19.3 Å². The van der Waals surface area contributed by atoms with Crippen molar-refractivity contribution in [1.82, 2.24) is 15.1 Å². The average Bonchev–Trinajstić information content (AvgIpc) is 2.55. The van der Waals surface area contributed by atoms with Gasteiger partial charge in [0.1, 0.15) is 6.07 Å². The molecule has 1 N–H and O–H groups in total. The molecule has 0 unspecified atom stereocenters. The third kappa shape index (κ3) is 1.27. The fraction of sp³-hybridized carbons (Fsp3) is 0.636. The highest BCUT2D eigenvalue weighted by atomic mass is 15.3. The van der Waals surface area contributed by atoms with Crippen molar-refractivity contribution < 1.29 is 0 Å². The number of hydrogen-bond acceptors (Lipinski definition) is 3. The van der Waals surface area contributed by atoms with Crippen LogP contribution in [0.2, 0.25) is 0 Å².